The van der Waals surface area contributed by atoms with Crippen LogP contribution >= 0.6 is 0 Å². The second kappa shape index (κ2) is 1.48. The molecule has 0 bridgehead atoms. The van der Waals surface area contributed by atoms with Crippen LogP contribution in [0.5, 0.6) is 0 Å². The molecule has 1 aliphatic heterocycles. The quantitative estimate of drug-likeness (QED) is 0.355. The fourth-order valence-corrected chi connectivity index (χ4v) is 0.123. The summed E-state index contributed by atoms with van der Waals surface area (Å²) in [5.74, 6) is 0. The molecule has 1 saturated heterocycles. The Balaban J connectivity index is 0.000000250. The van der Waals surface area contributed by atoms with Gasteiger partial charge in [-0.15, -0.1) is 0 Å². The van der Waals surface area contributed by atoms with E-state index in [1.165, 1.54) is 0 Å². The van der Waals surface area contributed by atoms with Crippen LogP contribution in [0.25, 0.3) is 0 Å². The lowest BCUT2D eigenvalue weighted by atomic mass is 10.4. The monoisotopic (exact) mass is 153 g/mol. The lowest BCUT2D eigenvalue weighted by Gasteiger charge is -1.78. The summed E-state index contributed by atoms with van der Waals surface area (Å²) in [6.07, 6.45) is 0. The number of epoxide rings is 1. The van der Waals surface area contributed by atoms with Crippen LogP contribution in [0.4, 0.5) is 0 Å². The molecule has 1 unspecified atom stereocenters. The van der Waals surface area contributed by atoms with Gasteiger partial charge in [-0.3, -0.25) is 0 Å². The van der Waals surface area contributed by atoms with E-state index in [4.69, 9.17) is 4.74 Å². The number of rotatable bonds is 0. The van der Waals surface area contributed by atoms with E-state index in [1.54, 1.807) is 0 Å². The first-order chi connectivity index (χ1) is 2.21. The van der Waals surface area contributed by atoms with Crippen LogP contribution in [0.1, 0.15) is 6.92 Å². The fourth-order valence-electron chi connectivity index (χ4n) is 0.123. The molecule has 2 nitrogen and oxygen atoms in total. The highest BCUT2D eigenvalue weighted by molar-refractivity contribution is 4.68. The average Bonchev–Trinajstić information content (AvgIpc) is 1.76. The molecule has 38 valence electrons. The molecule has 0 radical (unpaired) electrons. The average molecular weight is 154 g/mol. The minimum absolute atomic E-state index is 0. The molecule has 6 heavy (non-hydrogen) atoms. The van der Waals surface area contributed by atoms with Crippen molar-refractivity contribution in [2.24, 2.45) is 0 Å². The Bertz CT molecular complexity index is 48.8. The van der Waals surface area contributed by atoms with Crippen molar-refractivity contribution in [1.82, 2.24) is 0 Å². The van der Waals surface area contributed by atoms with Crippen molar-refractivity contribution >= 4 is 0 Å². The highest BCUT2D eigenvalue weighted by Crippen LogP contribution is 2.13. The molecule has 1 atom stereocenters. The molecular formula is C3H8BrNO. The van der Waals surface area contributed by atoms with Gasteiger partial charge in [0.15, 0.2) is 0 Å². The highest BCUT2D eigenvalue weighted by atomic mass is 79.9. The summed E-state index contributed by atoms with van der Waals surface area (Å²) in [5.41, 5.74) is 3.66. The predicted octanol–water partition coefficient (Wildman–Crippen LogP) is -4.02. The Labute approximate surface area is 47.4 Å². The molecule has 1 rings (SSSR count). The van der Waals surface area contributed by atoms with Crippen molar-refractivity contribution in [3.05, 3.63) is 0 Å². The highest BCUT2D eigenvalue weighted by Gasteiger charge is 2.38. The van der Waals surface area contributed by atoms with E-state index in [9.17, 15) is 0 Å². The van der Waals surface area contributed by atoms with Gasteiger partial charge < -0.3 is 27.5 Å². The van der Waals surface area contributed by atoms with E-state index in [0.717, 1.165) is 6.61 Å². The molecule has 0 amide bonds. The maximum atomic E-state index is 4.78. The Hall–Kier alpha value is 0.400. The number of quaternary nitrogens is 1. The van der Waals surface area contributed by atoms with Gasteiger partial charge in [-0.1, -0.05) is 0 Å². The van der Waals surface area contributed by atoms with Crippen molar-refractivity contribution < 1.29 is 27.5 Å². The van der Waals surface area contributed by atoms with Crippen LogP contribution in [0.2, 0.25) is 0 Å². The Morgan fingerprint density at radius 3 is 2.00 bits per heavy atom. The minimum atomic E-state index is 0. The van der Waals surface area contributed by atoms with E-state index in [0.29, 0.717) is 0 Å². The zero-order valence-electron chi connectivity index (χ0n) is 3.70. The third-order valence-electron chi connectivity index (χ3n) is 0.637. The first-order valence-corrected chi connectivity index (χ1v) is 1.70. The van der Waals surface area contributed by atoms with Gasteiger partial charge in [0, 0.05) is 6.92 Å². The lowest BCUT2D eigenvalue weighted by molar-refractivity contribution is -0.462. The first-order valence-electron chi connectivity index (χ1n) is 1.70. The van der Waals surface area contributed by atoms with Crippen molar-refractivity contribution in [1.29, 1.82) is 0 Å². The number of hydrogen-bond donors (Lipinski definition) is 1. The summed E-state index contributed by atoms with van der Waals surface area (Å²) in [4.78, 5) is 0. The minimum Gasteiger partial charge on any atom is -1.00 e. The van der Waals surface area contributed by atoms with E-state index in [1.807, 2.05) is 6.92 Å². The molecule has 1 fully saturated rings. The maximum absolute atomic E-state index is 4.78. The molecule has 1 aliphatic rings. The largest absolute Gasteiger partial charge is 1.00 e. The van der Waals surface area contributed by atoms with Crippen LogP contribution in [-0.4, -0.2) is 12.3 Å². The Kier molecular flexibility index (Phi) is 1.58. The van der Waals surface area contributed by atoms with E-state index < -0.39 is 0 Å². The summed E-state index contributed by atoms with van der Waals surface area (Å²) >= 11 is 0. The standard InChI is InChI=1S/C3H7NO.BrH/c1-3(4)2-5-3;/h2,4H2,1H3;1H. The SMILES string of the molecule is CC1([NH3+])CO1.[Br-]. The normalized spacial score (nSPS) is 41.0. The molecule has 0 aromatic heterocycles. The van der Waals surface area contributed by atoms with Crippen molar-refractivity contribution in [2.45, 2.75) is 12.6 Å². The molecular weight excluding hydrogens is 146 g/mol. The number of hydrogen-bond acceptors (Lipinski definition) is 1. The van der Waals surface area contributed by atoms with Gasteiger partial charge in [-0.05, 0) is 0 Å². The first kappa shape index (κ1) is 6.40. The van der Waals surface area contributed by atoms with Crippen LogP contribution in [0, 0.1) is 0 Å². The van der Waals surface area contributed by atoms with E-state index in [2.05, 4.69) is 5.73 Å². The molecule has 1 heterocycles. The molecule has 0 aromatic rings. The summed E-state index contributed by atoms with van der Waals surface area (Å²) in [6, 6.07) is 0. The topological polar surface area (TPSA) is 40.2 Å². The predicted molar refractivity (Wildman–Crippen MR) is 17.2 cm³/mol. The van der Waals surface area contributed by atoms with Gasteiger partial charge >= 0.3 is 0 Å². The van der Waals surface area contributed by atoms with Crippen LogP contribution in [0.3, 0.4) is 0 Å². The summed E-state index contributed by atoms with van der Waals surface area (Å²) < 4.78 is 4.78. The van der Waals surface area contributed by atoms with Gasteiger partial charge in [0.1, 0.15) is 6.61 Å². The molecule has 0 aliphatic carbocycles. The molecule has 3 N–H and O–H groups in total. The van der Waals surface area contributed by atoms with Gasteiger partial charge in [-0.25, -0.2) is 0 Å². The second-order valence-electron chi connectivity index (χ2n) is 1.74. The molecule has 3 heteroatoms. The second-order valence-corrected chi connectivity index (χ2v) is 1.74. The number of ether oxygens (including phenoxy) is 1. The zero-order valence-corrected chi connectivity index (χ0v) is 5.29. The van der Waals surface area contributed by atoms with Crippen LogP contribution in [0.15, 0.2) is 0 Å². The third-order valence-corrected chi connectivity index (χ3v) is 0.637. The fraction of sp³-hybridized carbons (Fsp3) is 1.00. The number of halogens is 1. The van der Waals surface area contributed by atoms with Gasteiger partial charge in [0.05, 0.1) is 0 Å². The molecule has 0 spiro atoms. The van der Waals surface area contributed by atoms with E-state index in [-0.39, 0.29) is 22.7 Å². The smallest absolute Gasteiger partial charge is 0.220 e. The summed E-state index contributed by atoms with van der Waals surface area (Å²) in [7, 11) is 0. The summed E-state index contributed by atoms with van der Waals surface area (Å²) in [5, 5.41) is 0. The Morgan fingerprint density at radius 2 is 2.00 bits per heavy atom. The Morgan fingerprint density at radius 1 is 1.83 bits per heavy atom. The van der Waals surface area contributed by atoms with E-state index >= 15 is 0 Å². The van der Waals surface area contributed by atoms with Crippen LogP contribution in [-0.2, 0) is 4.74 Å². The van der Waals surface area contributed by atoms with Gasteiger partial charge in [0.25, 0.3) is 0 Å². The summed E-state index contributed by atoms with van der Waals surface area (Å²) in [6.45, 7) is 2.81. The van der Waals surface area contributed by atoms with Gasteiger partial charge in [0.2, 0.25) is 5.72 Å². The van der Waals surface area contributed by atoms with Crippen molar-refractivity contribution in [3.8, 4) is 0 Å². The third kappa shape index (κ3) is 1.74. The van der Waals surface area contributed by atoms with Crippen molar-refractivity contribution in [3.63, 3.8) is 0 Å². The molecule has 0 aromatic carbocycles. The lowest BCUT2D eigenvalue weighted by Crippen LogP contribution is -3.00. The van der Waals surface area contributed by atoms with Gasteiger partial charge in [-0.2, -0.15) is 0 Å². The maximum Gasteiger partial charge on any atom is 0.220 e. The van der Waals surface area contributed by atoms with Crippen molar-refractivity contribution in [2.75, 3.05) is 6.61 Å². The molecule has 0 saturated carbocycles. The zero-order chi connectivity index (χ0) is 3.91. The van der Waals surface area contributed by atoms with Crippen LogP contribution < -0.4 is 22.7 Å².